The average Bonchev–Trinajstić information content (AvgIpc) is 1.80. The molecule has 0 radical (unpaired) electrons. The maximum Gasteiger partial charge on any atom is 0.00557 e. The third kappa shape index (κ3) is 1.83. The first-order valence-corrected chi connectivity index (χ1v) is 6.54. The standard InChI is InChI=1S/C10H22NP/c1-9(2)6-8(11)7-10(3,4)12(9)5/h8H,6-7,11H2,1-5H3. The van der Waals surface area contributed by atoms with Gasteiger partial charge in [-0.1, -0.05) is 35.6 Å². The molecule has 0 amide bonds. The van der Waals surface area contributed by atoms with Crippen LogP contribution in [0.4, 0.5) is 0 Å². The zero-order valence-corrected chi connectivity index (χ0v) is 9.91. The zero-order chi connectivity index (χ0) is 9.57. The summed E-state index contributed by atoms with van der Waals surface area (Å²) in [6.45, 7) is 11.9. The fourth-order valence-electron chi connectivity index (χ4n) is 2.45. The van der Waals surface area contributed by atoms with Crippen LogP contribution in [0.15, 0.2) is 0 Å². The Hall–Kier alpha value is 0.390. The van der Waals surface area contributed by atoms with E-state index in [2.05, 4.69) is 34.4 Å². The van der Waals surface area contributed by atoms with Gasteiger partial charge in [-0.05, 0) is 29.8 Å². The van der Waals surface area contributed by atoms with E-state index in [1.54, 1.807) is 0 Å². The van der Waals surface area contributed by atoms with Crippen LogP contribution < -0.4 is 5.73 Å². The van der Waals surface area contributed by atoms with Gasteiger partial charge in [-0.3, -0.25) is 0 Å². The largest absolute Gasteiger partial charge is 0.328 e. The highest BCUT2D eigenvalue weighted by molar-refractivity contribution is 7.60. The monoisotopic (exact) mass is 187 g/mol. The van der Waals surface area contributed by atoms with E-state index in [-0.39, 0.29) is 7.92 Å². The molecule has 0 unspecified atom stereocenters. The van der Waals surface area contributed by atoms with Crippen molar-refractivity contribution in [1.82, 2.24) is 0 Å². The lowest BCUT2D eigenvalue weighted by atomic mass is 9.94. The second-order valence-corrected chi connectivity index (χ2v) is 8.89. The number of rotatable bonds is 0. The number of hydrogen-bond acceptors (Lipinski definition) is 1. The van der Waals surface area contributed by atoms with Gasteiger partial charge in [0.2, 0.25) is 0 Å². The summed E-state index contributed by atoms with van der Waals surface area (Å²) in [4.78, 5) is 0. The van der Waals surface area contributed by atoms with Crippen LogP contribution >= 0.6 is 7.92 Å². The van der Waals surface area contributed by atoms with Crippen molar-refractivity contribution in [1.29, 1.82) is 0 Å². The van der Waals surface area contributed by atoms with Crippen LogP contribution in [-0.4, -0.2) is 23.0 Å². The van der Waals surface area contributed by atoms with Crippen molar-refractivity contribution < 1.29 is 0 Å². The average molecular weight is 187 g/mol. The summed E-state index contributed by atoms with van der Waals surface area (Å²) >= 11 is 0. The SMILES string of the molecule is CP1C(C)(C)CC(N)CC1(C)C. The predicted molar refractivity (Wildman–Crippen MR) is 58.2 cm³/mol. The molecule has 1 saturated heterocycles. The Morgan fingerprint density at radius 3 is 1.75 bits per heavy atom. The summed E-state index contributed by atoms with van der Waals surface area (Å²) < 4.78 is 0. The van der Waals surface area contributed by atoms with Crippen LogP contribution in [0, 0.1) is 0 Å². The summed E-state index contributed by atoms with van der Waals surface area (Å²) in [5.41, 5.74) is 6.06. The Morgan fingerprint density at radius 2 is 1.42 bits per heavy atom. The summed E-state index contributed by atoms with van der Waals surface area (Å²) in [6, 6.07) is 0.425. The van der Waals surface area contributed by atoms with Gasteiger partial charge in [-0.25, -0.2) is 0 Å². The highest BCUT2D eigenvalue weighted by atomic mass is 31.1. The molecular weight excluding hydrogens is 165 g/mol. The molecule has 0 spiro atoms. The summed E-state index contributed by atoms with van der Waals surface area (Å²) in [7, 11) is 0.115. The fraction of sp³-hybridized carbons (Fsp3) is 1.00. The fourth-order valence-corrected chi connectivity index (χ4v) is 5.10. The molecule has 0 aromatic heterocycles. The molecule has 1 fully saturated rings. The van der Waals surface area contributed by atoms with Gasteiger partial charge in [-0.2, -0.15) is 0 Å². The van der Waals surface area contributed by atoms with Gasteiger partial charge >= 0.3 is 0 Å². The minimum absolute atomic E-state index is 0.115. The van der Waals surface area contributed by atoms with Gasteiger partial charge in [-0.15, -0.1) is 0 Å². The van der Waals surface area contributed by atoms with Gasteiger partial charge in [0.1, 0.15) is 0 Å². The first kappa shape index (κ1) is 10.5. The van der Waals surface area contributed by atoms with Crippen LogP contribution in [0.2, 0.25) is 0 Å². The maximum atomic E-state index is 6.06. The molecule has 0 aromatic rings. The molecular formula is C10H22NP. The van der Waals surface area contributed by atoms with E-state index in [0.29, 0.717) is 16.4 Å². The first-order chi connectivity index (χ1) is 5.26. The molecule has 12 heavy (non-hydrogen) atoms. The molecule has 1 aliphatic rings. The lowest BCUT2D eigenvalue weighted by Gasteiger charge is -2.50. The summed E-state index contributed by atoms with van der Waals surface area (Å²) in [5, 5.41) is 0.965. The third-order valence-electron chi connectivity index (χ3n) is 3.34. The van der Waals surface area contributed by atoms with Crippen LogP contribution in [-0.2, 0) is 0 Å². The van der Waals surface area contributed by atoms with Crippen molar-refractivity contribution in [2.75, 3.05) is 6.66 Å². The van der Waals surface area contributed by atoms with E-state index in [4.69, 9.17) is 5.73 Å². The van der Waals surface area contributed by atoms with Crippen LogP contribution in [0.1, 0.15) is 40.5 Å². The van der Waals surface area contributed by atoms with E-state index in [1.807, 2.05) is 0 Å². The predicted octanol–water partition coefficient (Wildman–Crippen LogP) is 2.78. The quantitative estimate of drug-likeness (QED) is 0.580. The normalized spacial score (nSPS) is 39.5. The van der Waals surface area contributed by atoms with Crippen molar-refractivity contribution in [3.63, 3.8) is 0 Å². The Labute approximate surface area is 77.9 Å². The molecule has 2 heteroatoms. The molecule has 0 bridgehead atoms. The molecule has 1 nitrogen and oxygen atoms in total. The Balaban J connectivity index is 2.84. The maximum absolute atomic E-state index is 6.06. The minimum Gasteiger partial charge on any atom is -0.328 e. The van der Waals surface area contributed by atoms with E-state index >= 15 is 0 Å². The van der Waals surface area contributed by atoms with Crippen LogP contribution in [0.25, 0.3) is 0 Å². The minimum atomic E-state index is 0.115. The first-order valence-electron chi connectivity index (χ1n) is 4.75. The van der Waals surface area contributed by atoms with Crippen molar-refractivity contribution in [3.8, 4) is 0 Å². The molecule has 2 N–H and O–H groups in total. The zero-order valence-electron chi connectivity index (χ0n) is 9.02. The molecule has 0 aliphatic carbocycles. The lowest BCUT2D eigenvalue weighted by molar-refractivity contribution is 0.413. The highest BCUT2D eigenvalue weighted by Gasteiger charge is 2.43. The van der Waals surface area contributed by atoms with Gasteiger partial charge in [0.05, 0.1) is 0 Å². The summed E-state index contributed by atoms with van der Waals surface area (Å²) in [5.74, 6) is 0. The highest BCUT2D eigenvalue weighted by Crippen LogP contribution is 2.62. The van der Waals surface area contributed by atoms with Crippen molar-refractivity contribution >= 4 is 7.92 Å². The Morgan fingerprint density at radius 1 is 1.08 bits per heavy atom. The van der Waals surface area contributed by atoms with E-state index in [0.717, 1.165) is 0 Å². The third-order valence-corrected chi connectivity index (χ3v) is 7.34. The van der Waals surface area contributed by atoms with Crippen molar-refractivity contribution in [3.05, 3.63) is 0 Å². The second kappa shape index (κ2) is 2.96. The van der Waals surface area contributed by atoms with Gasteiger partial charge in [0, 0.05) is 6.04 Å². The Bertz CT molecular complexity index is 157. The number of nitrogens with two attached hydrogens (primary N) is 1. The van der Waals surface area contributed by atoms with Crippen LogP contribution in [0.5, 0.6) is 0 Å². The van der Waals surface area contributed by atoms with Gasteiger partial charge in [0.25, 0.3) is 0 Å². The topological polar surface area (TPSA) is 26.0 Å². The summed E-state index contributed by atoms with van der Waals surface area (Å²) in [6.07, 6.45) is 2.41. The Kier molecular flexibility index (Phi) is 2.58. The smallest absolute Gasteiger partial charge is 0.00557 e. The van der Waals surface area contributed by atoms with Gasteiger partial charge < -0.3 is 5.73 Å². The molecule has 0 aromatic carbocycles. The van der Waals surface area contributed by atoms with E-state index < -0.39 is 0 Å². The molecule has 72 valence electrons. The number of hydrogen-bond donors (Lipinski definition) is 1. The van der Waals surface area contributed by atoms with E-state index in [9.17, 15) is 0 Å². The molecule has 1 heterocycles. The molecule has 0 atom stereocenters. The van der Waals surface area contributed by atoms with Crippen molar-refractivity contribution in [2.45, 2.75) is 56.9 Å². The van der Waals surface area contributed by atoms with Crippen LogP contribution in [0.3, 0.4) is 0 Å². The van der Waals surface area contributed by atoms with Gasteiger partial charge in [0.15, 0.2) is 0 Å². The molecule has 1 aliphatic heterocycles. The lowest BCUT2D eigenvalue weighted by Crippen LogP contribution is -2.45. The van der Waals surface area contributed by atoms with E-state index in [1.165, 1.54) is 12.8 Å². The molecule has 1 rings (SSSR count). The second-order valence-electron chi connectivity index (χ2n) is 5.35. The molecule has 0 saturated carbocycles. The van der Waals surface area contributed by atoms with Crippen molar-refractivity contribution in [2.24, 2.45) is 5.73 Å².